The monoisotopic (exact) mass is 228 g/mol. The quantitative estimate of drug-likeness (QED) is 0.700. The molecule has 7 heteroatoms. The van der Waals surface area contributed by atoms with Crippen molar-refractivity contribution >= 4 is 5.82 Å². The molecule has 0 aliphatic heterocycles. The number of furan rings is 1. The summed E-state index contributed by atoms with van der Waals surface area (Å²) in [6, 6.07) is 5.22. The van der Waals surface area contributed by atoms with Crippen LogP contribution in [0.2, 0.25) is 0 Å². The topological polar surface area (TPSA) is 95.7 Å². The molecule has 17 heavy (non-hydrogen) atoms. The van der Waals surface area contributed by atoms with Crippen LogP contribution in [0.4, 0.5) is 5.82 Å². The van der Waals surface area contributed by atoms with Gasteiger partial charge in [0, 0.05) is 6.07 Å². The molecule has 0 aliphatic rings. The van der Waals surface area contributed by atoms with Gasteiger partial charge in [-0.25, -0.2) is 9.97 Å². The maximum Gasteiger partial charge on any atom is 0.254 e. The second-order valence-electron chi connectivity index (χ2n) is 3.30. The van der Waals surface area contributed by atoms with E-state index in [9.17, 15) is 0 Å². The molecule has 0 saturated heterocycles. The maximum atomic E-state index is 5.72. The summed E-state index contributed by atoms with van der Waals surface area (Å²) >= 11 is 0. The van der Waals surface area contributed by atoms with E-state index in [-0.39, 0.29) is 0 Å². The fraction of sp³-hybridized carbons (Fsp3) is 0. The molecule has 0 spiro atoms. The van der Waals surface area contributed by atoms with Crippen LogP contribution in [0.5, 0.6) is 0 Å². The molecular formula is C10H8N6O. The van der Waals surface area contributed by atoms with Crippen LogP contribution in [0.3, 0.4) is 0 Å². The molecule has 0 fully saturated rings. The number of nitrogen functional groups attached to an aromatic ring is 1. The minimum absolute atomic E-state index is 0.344. The summed E-state index contributed by atoms with van der Waals surface area (Å²) in [4.78, 5) is 12.2. The molecule has 84 valence electrons. The number of hydrogen-bond acceptors (Lipinski definition) is 6. The van der Waals surface area contributed by atoms with E-state index in [1.54, 1.807) is 24.5 Å². The fourth-order valence-corrected chi connectivity index (χ4v) is 1.42. The van der Waals surface area contributed by atoms with Crippen LogP contribution >= 0.6 is 0 Å². The Labute approximate surface area is 95.9 Å². The number of nitrogens with zero attached hydrogens (tertiary/aromatic N) is 5. The molecule has 0 radical (unpaired) electrons. The third-order valence-electron chi connectivity index (χ3n) is 2.13. The average Bonchev–Trinajstić information content (AvgIpc) is 3.02. The van der Waals surface area contributed by atoms with Gasteiger partial charge in [-0.2, -0.15) is 14.8 Å². The number of hydrogen-bond donors (Lipinski definition) is 1. The predicted molar refractivity (Wildman–Crippen MR) is 59.1 cm³/mol. The minimum Gasteiger partial charge on any atom is -0.463 e. The first kappa shape index (κ1) is 9.52. The molecule has 3 heterocycles. The van der Waals surface area contributed by atoms with Crippen LogP contribution in [0.1, 0.15) is 0 Å². The number of anilines is 1. The average molecular weight is 228 g/mol. The molecule has 7 nitrogen and oxygen atoms in total. The van der Waals surface area contributed by atoms with Gasteiger partial charge in [-0.3, -0.25) is 0 Å². The Balaban J connectivity index is 2.13. The van der Waals surface area contributed by atoms with E-state index in [1.165, 1.54) is 17.3 Å². The van der Waals surface area contributed by atoms with Gasteiger partial charge in [-0.05, 0) is 12.1 Å². The Hall–Kier alpha value is -2.70. The van der Waals surface area contributed by atoms with Crippen LogP contribution in [0.25, 0.3) is 17.4 Å². The first-order chi connectivity index (χ1) is 8.33. The highest BCUT2D eigenvalue weighted by molar-refractivity contribution is 5.56. The molecule has 0 saturated carbocycles. The van der Waals surface area contributed by atoms with Gasteiger partial charge >= 0.3 is 0 Å². The van der Waals surface area contributed by atoms with E-state index in [0.29, 0.717) is 23.2 Å². The first-order valence-corrected chi connectivity index (χ1v) is 4.86. The Bertz CT molecular complexity index is 564. The fourth-order valence-electron chi connectivity index (χ4n) is 1.42. The highest BCUT2D eigenvalue weighted by atomic mass is 16.3. The summed E-state index contributed by atoms with van der Waals surface area (Å²) in [6.07, 6.45) is 4.47. The molecule has 0 atom stereocenters. The molecule has 2 N–H and O–H groups in total. The summed E-state index contributed by atoms with van der Waals surface area (Å²) in [7, 11) is 0. The van der Waals surface area contributed by atoms with Gasteiger partial charge in [-0.15, -0.1) is 0 Å². The van der Waals surface area contributed by atoms with Crippen LogP contribution in [-0.2, 0) is 0 Å². The Morgan fingerprint density at radius 1 is 1.29 bits per heavy atom. The lowest BCUT2D eigenvalue weighted by atomic mass is 10.3. The number of aromatic nitrogens is 5. The third kappa shape index (κ3) is 1.73. The van der Waals surface area contributed by atoms with Gasteiger partial charge < -0.3 is 10.2 Å². The normalized spacial score (nSPS) is 10.6. The molecule has 0 unspecified atom stereocenters. The molecule has 0 bridgehead atoms. The van der Waals surface area contributed by atoms with Crippen molar-refractivity contribution in [3.05, 3.63) is 37.1 Å². The second kappa shape index (κ2) is 3.71. The Morgan fingerprint density at radius 3 is 2.94 bits per heavy atom. The SMILES string of the molecule is Nc1cc(-c2ccco2)nc(-n2cncn2)n1. The zero-order valence-corrected chi connectivity index (χ0v) is 8.69. The zero-order valence-electron chi connectivity index (χ0n) is 8.69. The van der Waals surface area contributed by atoms with E-state index < -0.39 is 0 Å². The largest absolute Gasteiger partial charge is 0.463 e. The molecule has 3 rings (SSSR count). The Kier molecular flexibility index (Phi) is 2.08. The standard InChI is InChI=1S/C10H8N6O/c11-9-4-7(8-2-1-3-17-8)14-10(15-9)16-6-12-5-13-16/h1-6H,(H2,11,14,15). The van der Waals surface area contributed by atoms with Crippen molar-refractivity contribution in [2.24, 2.45) is 0 Å². The van der Waals surface area contributed by atoms with Crippen molar-refractivity contribution < 1.29 is 4.42 Å². The van der Waals surface area contributed by atoms with E-state index in [0.717, 1.165) is 0 Å². The molecule has 0 amide bonds. The van der Waals surface area contributed by atoms with Crippen LogP contribution in [-0.4, -0.2) is 24.7 Å². The van der Waals surface area contributed by atoms with Crippen LogP contribution in [0, 0.1) is 0 Å². The molecular weight excluding hydrogens is 220 g/mol. The van der Waals surface area contributed by atoms with Crippen molar-refractivity contribution in [1.29, 1.82) is 0 Å². The van der Waals surface area contributed by atoms with Crippen molar-refractivity contribution in [3.8, 4) is 17.4 Å². The van der Waals surface area contributed by atoms with Gasteiger partial charge in [0.2, 0.25) is 0 Å². The summed E-state index contributed by atoms with van der Waals surface area (Å²) in [5, 5.41) is 3.94. The second-order valence-corrected chi connectivity index (χ2v) is 3.30. The lowest BCUT2D eigenvalue weighted by molar-refractivity contribution is 0.579. The van der Waals surface area contributed by atoms with Crippen LogP contribution in [0.15, 0.2) is 41.5 Å². The summed E-state index contributed by atoms with van der Waals surface area (Å²) < 4.78 is 6.69. The third-order valence-corrected chi connectivity index (χ3v) is 2.13. The molecule has 0 aliphatic carbocycles. The highest BCUT2D eigenvalue weighted by Gasteiger charge is 2.08. The summed E-state index contributed by atoms with van der Waals surface area (Å²) in [5.74, 6) is 1.33. The lowest BCUT2D eigenvalue weighted by Gasteiger charge is -2.02. The summed E-state index contributed by atoms with van der Waals surface area (Å²) in [6.45, 7) is 0. The van der Waals surface area contributed by atoms with Gasteiger partial charge in [0.1, 0.15) is 24.2 Å². The minimum atomic E-state index is 0.344. The van der Waals surface area contributed by atoms with Gasteiger partial charge in [0.25, 0.3) is 5.95 Å². The highest BCUT2D eigenvalue weighted by Crippen LogP contribution is 2.19. The first-order valence-electron chi connectivity index (χ1n) is 4.86. The van der Waals surface area contributed by atoms with Crippen molar-refractivity contribution in [2.45, 2.75) is 0 Å². The van der Waals surface area contributed by atoms with E-state index >= 15 is 0 Å². The van der Waals surface area contributed by atoms with Crippen molar-refractivity contribution in [3.63, 3.8) is 0 Å². The van der Waals surface area contributed by atoms with Gasteiger partial charge in [0.15, 0.2) is 5.76 Å². The predicted octanol–water partition coefficient (Wildman–Crippen LogP) is 0.899. The van der Waals surface area contributed by atoms with E-state index in [4.69, 9.17) is 10.2 Å². The molecule has 0 aromatic carbocycles. The van der Waals surface area contributed by atoms with Gasteiger partial charge in [-0.1, -0.05) is 0 Å². The smallest absolute Gasteiger partial charge is 0.254 e. The number of nitrogens with two attached hydrogens (primary N) is 1. The maximum absolute atomic E-state index is 5.72. The molecule has 3 aromatic rings. The number of rotatable bonds is 2. The van der Waals surface area contributed by atoms with Crippen molar-refractivity contribution in [2.75, 3.05) is 5.73 Å². The summed E-state index contributed by atoms with van der Waals surface area (Å²) in [5.41, 5.74) is 6.32. The molecule has 3 aromatic heterocycles. The van der Waals surface area contributed by atoms with E-state index in [2.05, 4.69) is 20.1 Å². The van der Waals surface area contributed by atoms with E-state index in [1.807, 2.05) is 0 Å². The zero-order chi connectivity index (χ0) is 11.7. The Morgan fingerprint density at radius 2 is 2.24 bits per heavy atom. The lowest BCUT2D eigenvalue weighted by Crippen LogP contribution is -2.05. The van der Waals surface area contributed by atoms with Crippen molar-refractivity contribution in [1.82, 2.24) is 24.7 Å². The van der Waals surface area contributed by atoms with Gasteiger partial charge in [0.05, 0.1) is 6.26 Å². The van der Waals surface area contributed by atoms with Crippen LogP contribution < -0.4 is 5.73 Å².